The number of ether oxygens (including phenoxy) is 1. The third-order valence-electron chi connectivity index (χ3n) is 4.50. The molecule has 1 saturated heterocycles. The normalized spacial score (nSPS) is 20.1. The van der Waals surface area contributed by atoms with Gasteiger partial charge in [-0.05, 0) is 49.1 Å². The zero-order chi connectivity index (χ0) is 18.4. The Morgan fingerprint density at radius 1 is 1.40 bits per heavy atom. The predicted molar refractivity (Wildman–Crippen MR) is 99.1 cm³/mol. The fourth-order valence-corrected chi connectivity index (χ4v) is 2.81. The highest BCUT2D eigenvalue weighted by atomic mass is 16.5. The summed E-state index contributed by atoms with van der Waals surface area (Å²) in [5, 5.41) is 12.7. The van der Waals surface area contributed by atoms with E-state index in [1.165, 1.54) is 0 Å². The van der Waals surface area contributed by atoms with E-state index in [2.05, 4.69) is 10.3 Å². The Hall–Kier alpha value is -2.08. The van der Waals surface area contributed by atoms with Crippen LogP contribution in [0.25, 0.3) is 0 Å². The fourth-order valence-electron chi connectivity index (χ4n) is 2.81. The summed E-state index contributed by atoms with van der Waals surface area (Å²) >= 11 is 0. The fraction of sp³-hybridized carbons (Fsp3) is 0.579. The molecule has 1 aromatic carbocycles. The molecule has 2 atom stereocenters. The molecule has 0 amide bonds. The highest BCUT2D eigenvalue weighted by molar-refractivity contribution is 5.97. The van der Waals surface area contributed by atoms with Crippen molar-refractivity contribution in [2.24, 2.45) is 22.1 Å². The highest BCUT2D eigenvalue weighted by Crippen LogP contribution is 2.27. The molecule has 6 heteroatoms. The minimum atomic E-state index is -0.846. The van der Waals surface area contributed by atoms with Crippen molar-refractivity contribution in [2.45, 2.75) is 39.7 Å². The number of carboxylic acid groups (broad SMARTS) is 1. The first-order chi connectivity index (χ1) is 11.8. The van der Waals surface area contributed by atoms with Crippen LogP contribution in [0.15, 0.2) is 29.3 Å². The van der Waals surface area contributed by atoms with E-state index in [9.17, 15) is 9.90 Å². The summed E-state index contributed by atoms with van der Waals surface area (Å²) in [6.45, 7) is 7.74. The van der Waals surface area contributed by atoms with Gasteiger partial charge in [0.15, 0.2) is 0 Å². The van der Waals surface area contributed by atoms with E-state index >= 15 is 0 Å². The first kappa shape index (κ1) is 19.2. The molecule has 2 rings (SSSR count). The molecular weight excluding hydrogens is 318 g/mol. The van der Waals surface area contributed by atoms with E-state index in [0.717, 1.165) is 31.5 Å². The van der Waals surface area contributed by atoms with Crippen molar-refractivity contribution in [1.82, 2.24) is 5.32 Å². The molecule has 1 aromatic rings. The lowest BCUT2D eigenvalue weighted by molar-refractivity contribution is -0.146. The van der Waals surface area contributed by atoms with Crippen LogP contribution in [0.1, 0.15) is 39.2 Å². The number of amidine groups is 1. The van der Waals surface area contributed by atoms with Gasteiger partial charge in [0.25, 0.3) is 0 Å². The van der Waals surface area contributed by atoms with Gasteiger partial charge in [0.2, 0.25) is 0 Å². The molecule has 138 valence electrons. The van der Waals surface area contributed by atoms with Crippen molar-refractivity contribution in [1.29, 1.82) is 0 Å². The Balaban J connectivity index is 1.97. The van der Waals surface area contributed by atoms with Gasteiger partial charge in [-0.2, -0.15) is 0 Å². The molecule has 25 heavy (non-hydrogen) atoms. The van der Waals surface area contributed by atoms with Crippen LogP contribution in [0.3, 0.4) is 0 Å². The van der Waals surface area contributed by atoms with Crippen LogP contribution in [0, 0.1) is 11.3 Å². The first-order valence-corrected chi connectivity index (χ1v) is 8.77. The molecule has 0 unspecified atom stereocenters. The van der Waals surface area contributed by atoms with Gasteiger partial charge in [-0.15, -0.1) is 0 Å². The third-order valence-corrected chi connectivity index (χ3v) is 4.50. The molecular formula is C19H29N3O3. The van der Waals surface area contributed by atoms with Gasteiger partial charge in [0.1, 0.15) is 18.2 Å². The van der Waals surface area contributed by atoms with Crippen LogP contribution in [-0.2, 0) is 4.79 Å². The Labute approximate surface area is 149 Å². The molecule has 1 heterocycles. The Morgan fingerprint density at radius 3 is 2.60 bits per heavy atom. The molecule has 0 saturated carbocycles. The van der Waals surface area contributed by atoms with Crippen LogP contribution >= 0.6 is 0 Å². The second-order valence-corrected chi connectivity index (χ2v) is 7.61. The van der Waals surface area contributed by atoms with Crippen molar-refractivity contribution >= 4 is 11.8 Å². The number of nitrogens with zero attached hydrogens (tertiary/aromatic N) is 1. The van der Waals surface area contributed by atoms with Gasteiger partial charge in [0.05, 0.1) is 12.0 Å². The van der Waals surface area contributed by atoms with Gasteiger partial charge in [-0.25, -0.2) is 0 Å². The zero-order valence-corrected chi connectivity index (χ0v) is 15.3. The summed E-state index contributed by atoms with van der Waals surface area (Å²) in [7, 11) is 0. The number of nitrogens with two attached hydrogens (primary N) is 1. The summed E-state index contributed by atoms with van der Waals surface area (Å²) in [6, 6.07) is 7.55. The lowest BCUT2D eigenvalue weighted by Crippen LogP contribution is -2.34. The van der Waals surface area contributed by atoms with Crippen molar-refractivity contribution < 1.29 is 14.6 Å². The molecule has 0 spiro atoms. The van der Waals surface area contributed by atoms with Crippen molar-refractivity contribution in [3.63, 3.8) is 0 Å². The van der Waals surface area contributed by atoms with Gasteiger partial charge < -0.3 is 20.9 Å². The van der Waals surface area contributed by atoms with Crippen LogP contribution in [-0.4, -0.2) is 42.6 Å². The molecule has 1 aliphatic rings. The smallest absolute Gasteiger partial charge is 0.310 e. The number of carboxylic acids is 1. The van der Waals surface area contributed by atoms with Crippen LogP contribution in [0.2, 0.25) is 0 Å². The maximum atomic E-state index is 11.4. The van der Waals surface area contributed by atoms with Crippen LogP contribution in [0.5, 0.6) is 5.75 Å². The third kappa shape index (κ3) is 5.74. The van der Waals surface area contributed by atoms with Gasteiger partial charge in [-0.1, -0.05) is 20.8 Å². The average molecular weight is 347 g/mol. The quantitative estimate of drug-likeness (QED) is 0.542. The topological polar surface area (TPSA) is 96.9 Å². The molecule has 6 nitrogen and oxygen atoms in total. The van der Waals surface area contributed by atoms with Crippen molar-refractivity contribution in [2.75, 3.05) is 19.7 Å². The van der Waals surface area contributed by atoms with E-state index < -0.39 is 11.9 Å². The predicted octanol–water partition coefficient (Wildman–Crippen LogP) is 2.27. The number of aliphatic imine (C=N–C) groups is 1. The summed E-state index contributed by atoms with van der Waals surface area (Å²) < 4.78 is 5.67. The minimum absolute atomic E-state index is 0.134. The zero-order valence-electron chi connectivity index (χ0n) is 15.3. The maximum absolute atomic E-state index is 11.4. The summed E-state index contributed by atoms with van der Waals surface area (Å²) in [4.78, 5) is 16.0. The van der Waals surface area contributed by atoms with Crippen LogP contribution < -0.4 is 15.8 Å². The molecule has 1 fully saturated rings. The molecule has 4 N–H and O–H groups in total. The van der Waals surface area contributed by atoms with Crippen LogP contribution in [0.4, 0.5) is 0 Å². The number of carbonyl (C=O) groups is 1. The van der Waals surface area contributed by atoms with E-state index in [0.29, 0.717) is 11.6 Å². The number of aliphatic carboxylic acids is 1. The maximum Gasteiger partial charge on any atom is 0.310 e. The van der Waals surface area contributed by atoms with Gasteiger partial charge in [-0.3, -0.25) is 9.79 Å². The van der Waals surface area contributed by atoms with Gasteiger partial charge in [0, 0.05) is 12.1 Å². The van der Waals surface area contributed by atoms with Gasteiger partial charge >= 0.3 is 5.97 Å². The standard InChI is InChI=1S/C19H29N3O3/c1-19(2,3)16(18(23)24)12-25-15-8-6-13(7-9-15)17(20)22-14-5-4-10-21-11-14/h6-9,14,16,21H,4-5,10-12H2,1-3H3,(H2,20,22)(H,23,24)/t14-,16+/m1/s1. The molecule has 0 aliphatic carbocycles. The summed E-state index contributed by atoms with van der Waals surface area (Å²) in [5.41, 5.74) is 6.58. The molecule has 0 aromatic heterocycles. The first-order valence-electron chi connectivity index (χ1n) is 8.77. The Bertz CT molecular complexity index is 599. The monoisotopic (exact) mass is 347 g/mol. The molecule has 1 aliphatic heterocycles. The lowest BCUT2D eigenvalue weighted by atomic mass is 9.81. The summed E-state index contributed by atoms with van der Waals surface area (Å²) in [5.74, 6) is -0.260. The average Bonchev–Trinajstić information content (AvgIpc) is 2.55. The van der Waals surface area contributed by atoms with Crippen molar-refractivity contribution in [3.05, 3.63) is 29.8 Å². The molecule has 0 bridgehead atoms. The number of benzene rings is 1. The molecule has 0 radical (unpaired) electrons. The number of hydrogen-bond donors (Lipinski definition) is 3. The SMILES string of the molecule is CC(C)(C)[C@@H](COc1ccc(C(N)=N[C@@H]2CCCNC2)cc1)C(=O)O. The van der Waals surface area contributed by atoms with E-state index in [1.807, 2.05) is 32.9 Å². The Kier molecular flexibility index (Phi) is 6.42. The number of nitrogens with one attached hydrogen (secondary N) is 1. The Morgan fingerprint density at radius 2 is 2.08 bits per heavy atom. The summed E-state index contributed by atoms with van der Waals surface area (Å²) in [6.07, 6.45) is 2.17. The van der Waals surface area contributed by atoms with E-state index in [1.54, 1.807) is 12.1 Å². The number of piperidine rings is 1. The lowest BCUT2D eigenvalue weighted by Gasteiger charge is -2.26. The second-order valence-electron chi connectivity index (χ2n) is 7.61. The largest absolute Gasteiger partial charge is 0.493 e. The minimum Gasteiger partial charge on any atom is -0.493 e. The van der Waals surface area contributed by atoms with E-state index in [4.69, 9.17) is 10.5 Å². The number of hydrogen-bond acceptors (Lipinski definition) is 4. The van der Waals surface area contributed by atoms with Crippen molar-refractivity contribution in [3.8, 4) is 5.75 Å². The highest BCUT2D eigenvalue weighted by Gasteiger charge is 2.31. The number of rotatable bonds is 6. The van der Waals surface area contributed by atoms with E-state index in [-0.39, 0.29) is 18.1 Å². The second kappa shape index (κ2) is 8.34.